The molecule has 0 aliphatic heterocycles. The van der Waals surface area contributed by atoms with Crippen molar-refractivity contribution in [3.63, 3.8) is 0 Å². The van der Waals surface area contributed by atoms with Crippen LogP contribution in [0.1, 0.15) is 11.1 Å². The first-order valence-electron chi connectivity index (χ1n) is 7.78. The number of nitrogens with zero attached hydrogens (tertiary/aromatic N) is 3. The predicted molar refractivity (Wildman–Crippen MR) is 98.7 cm³/mol. The highest BCUT2D eigenvalue weighted by molar-refractivity contribution is 7.98. The Morgan fingerprint density at radius 2 is 1.67 bits per heavy atom. The Kier molecular flexibility index (Phi) is 5.33. The van der Waals surface area contributed by atoms with Crippen LogP contribution in [0.25, 0.3) is 11.4 Å². The lowest BCUT2D eigenvalue weighted by molar-refractivity contribution is -0.137. The third kappa shape index (κ3) is 4.20. The van der Waals surface area contributed by atoms with Gasteiger partial charge in [0.25, 0.3) is 0 Å². The van der Waals surface area contributed by atoms with Crippen LogP contribution in [-0.2, 0) is 6.18 Å². The maximum atomic E-state index is 12.7. The molecule has 3 rings (SSSR count). The number of hydrogen-bond donors (Lipinski definition) is 1. The number of anilines is 2. The molecule has 0 unspecified atom stereocenters. The third-order valence-corrected chi connectivity index (χ3v) is 4.37. The molecule has 1 aromatic heterocycles. The van der Waals surface area contributed by atoms with Gasteiger partial charge in [0.1, 0.15) is 16.7 Å². The van der Waals surface area contributed by atoms with Gasteiger partial charge in [0.2, 0.25) is 0 Å². The minimum atomic E-state index is -4.40. The van der Waals surface area contributed by atoms with Gasteiger partial charge in [-0.3, -0.25) is 0 Å². The molecule has 3 aromatic rings. The molecule has 1 heterocycles. The van der Waals surface area contributed by atoms with Crippen molar-refractivity contribution in [3.05, 3.63) is 65.7 Å². The molecule has 0 saturated carbocycles. The molecule has 0 aliphatic carbocycles. The molecule has 0 atom stereocenters. The molecular weight excluding hydrogens is 373 g/mol. The Bertz CT molecular complexity index is 981. The van der Waals surface area contributed by atoms with Gasteiger partial charge in [-0.15, -0.1) is 11.8 Å². The lowest BCUT2D eigenvalue weighted by atomic mass is 10.2. The average Bonchev–Trinajstić information content (AvgIpc) is 2.67. The summed E-state index contributed by atoms with van der Waals surface area (Å²) in [6, 6.07) is 15.8. The molecule has 2 aromatic carbocycles. The fourth-order valence-electron chi connectivity index (χ4n) is 2.37. The minimum Gasteiger partial charge on any atom is -0.339 e. The highest BCUT2D eigenvalue weighted by atomic mass is 32.2. The fraction of sp³-hybridized carbons (Fsp3) is 0.105. The van der Waals surface area contributed by atoms with E-state index < -0.39 is 11.7 Å². The largest absolute Gasteiger partial charge is 0.416 e. The molecule has 0 spiro atoms. The third-order valence-electron chi connectivity index (χ3n) is 3.69. The summed E-state index contributed by atoms with van der Waals surface area (Å²) in [6.45, 7) is 0. The molecule has 136 valence electrons. The van der Waals surface area contributed by atoms with Gasteiger partial charge in [-0.1, -0.05) is 30.3 Å². The van der Waals surface area contributed by atoms with E-state index >= 15 is 0 Å². The standard InChI is InChI=1S/C19H13F3N4S/c1-27-18-15(11-23)17(25-16(26-18)12-5-3-2-4-6-12)24-14-9-7-13(8-10-14)19(20,21)22/h2-10H,1H3,(H,24,25,26). The van der Waals surface area contributed by atoms with Gasteiger partial charge in [0, 0.05) is 11.3 Å². The van der Waals surface area contributed by atoms with Gasteiger partial charge in [-0.25, -0.2) is 9.97 Å². The van der Waals surface area contributed by atoms with Crippen LogP contribution in [0.3, 0.4) is 0 Å². The van der Waals surface area contributed by atoms with Crippen LogP contribution in [0.5, 0.6) is 0 Å². The van der Waals surface area contributed by atoms with Gasteiger partial charge in [-0.2, -0.15) is 18.4 Å². The van der Waals surface area contributed by atoms with E-state index in [-0.39, 0.29) is 11.4 Å². The van der Waals surface area contributed by atoms with Crippen molar-refractivity contribution >= 4 is 23.3 Å². The van der Waals surface area contributed by atoms with E-state index in [0.717, 1.165) is 17.7 Å². The topological polar surface area (TPSA) is 61.6 Å². The Balaban J connectivity index is 2.02. The summed E-state index contributed by atoms with van der Waals surface area (Å²) in [4.78, 5) is 8.83. The molecule has 0 radical (unpaired) electrons. The Morgan fingerprint density at radius 1 is 1.00 bits per heavy atom. The first-order valence-corrected chi connectivity index (χ1v) is 9.00. The number of hydrogen-bond acceptors (Lipinski definition) is 5. The molecule has 0 aliphatic rings. The van der Waals surface area contributed by atoms with Crippen molar-refractivity contribution in [1.82, 2.24) is 9.97 Å². The predicted octanol–water partition coefficient (Wildman–Crippen LogP) is 5.50. The number of thioether (sulfide) groups is 1. The van der Waals surface area contributed by atoms with Crippen molar-refractivity contribution < 1.29 is 13.2 Å². The quantitative estimate of drug-likeness (QED) is 0.474. The summed E-state index contributed by atoms with van der Waals surface area (Å²) in [5, 5.41) is 12.9. The van der Waals surface area contributed by atoms with Crippen molar-refractivity contribution in [2.45, 2.75) is 11.2 Å². The van der Waals surface area contributed by atoms with Crippen molar-refractivity contribution in [1.29, 1.82) is 5.26 Å². The zero-order valence-electron chi connectivity index (χ0n) is 14.1. The van der Waals surface area contributed by atoms with Gasteiger partial charge in [0.15, 0.2) is 11.6 Å². The normalized spacial score (nSPS) is 11.1. The average molecular weight is 386 g/mol. The number of rotatable bonds is 4. The number of benzene rings is 2. The molecule has 4 nitrogen and oxygen atoms in total. The van der Waals surface area contributed by atoms with Crippen LogP contribution >= 0.6 is 11.8 Å². The van der Waals surface area contributed by atoms with E-state index in [1.54, 1.807) is 6.26 Å². The number of nitriles is 1. The first-order chi connectivity index (χ1) is 12.9. The monoisotopic (exact) mass is 386 g/mol. The molecular formula is C19H13F3N4S. The number of nitrogens with one attached hydrogen (secondary N) is 1. The van der Waals surface area contributed by atoms with E-state index in [4.69, 9.17) is 0 Å². The van der Waals surface area contributed by atoms with Gasteiger partial charge in [0.05, 0.1) is 5.56 Å². The molecule has 0 saturated heterocycles. The smallest absolute Gasteiger partial charge is 0.339 e. The number of aromatic nitrogens is 2. The van der Waals surface area contributed by atoms with E-state index in [9.17, 15) is 18.4 Å². The van der Waals surface area contributed by atoms with Crippen LogP contribution in [-0.4, -0.2) is 16.2 Å². The van der Waals surface area contributed by atoms with Gasteiger partial charge in [-0.05, 0) is 30.5 Å². The van der Waals surface area contributed by atoms with Crippen molar-refractivity contribution in [3.8, 4) is 17.5 Å². The van der Waals surface area contributed by atoms with E-state index in [1.807, 2.05) is 30.3 Å². The maximum absolute atomic E-state index is 12.7. The van der Waals surface area contributed by atoms with Gasteiger partial charge < -0.3 is 5.32 Å². The second-order valence-electron chi connectivity index (χ2n) is 5.46. The lowest BCUT2D eigenvalue weighted by Gasteiger charge is -2.13. The Morgan fingerprint density at radius 3 is 2.22 bits per heavy atom. The number of alkyl halides is 3. The van der Waals surface area contributed by atoms with Crippen LogP contribution in [0.4, 0.5) is 24.7 Å². The zero-order chi connectivity index (χ0) is 19.4. The maximum Gasteiger partial charge on any atom is 0.416 e. The molecule has 0 fully saturated rings. The molecule has 8 heteroatoms. The summed E-state index contributed by atoms with van der Waals surface area (Å²) in [5.41, 5.74) is 0.658. The summed E-state index contributed by atoms with van der Waals surface area (Å²) in [7, 11) is 0. The second kappa shape index (κ2) is 7.68. The van der Waals surface area contributed by atoms with Crippen molar-refractivity contribution in [2.75, 3.05) is 11.6 Å². The zero-order valence-corrected chi connectivity index (χ0v) is 14.9. The van der Waals surface area contributed by atoms with E-state index in [0.29, 0.717) is 16.5 Å². The summed E-state index contributed by atoms with van der Waals surface area (Å²) >= 11 is 1.30. The molecule has 27 heavy (non-hydrogen) atoms. The SMILES string of the molecule is CSc1nc(-c2ccccc2)nc(Nc2ccc(C(F)(F)F)cc2)c1C#N. The summed E-state index contributed by atoms with van der Waals surface area (Å²) in [6.07, 6.45) is -2.61. The minimum absolute atomic E-state index is 0.238. The van der Waals surface area contributed by atoms with E-state index in [2.05, 4.69) is 21.4 Å². The Labute approximate surface area is 158 Å². The summed E-state index contributed by atoms with van der Waals surface area (Å²) < 4.78 is 38.2. The van der Waals surface area contributed by atoms with Crippen LogP contribution in [0, 0.1) is 11.3 Å². The summed E-state index contributed by atoms with van der Waals surface area (Å²) in [5.74, 6) is 0.670. The molecule has 0 amide bonds. The highest BCUT2D eigenvalue weighted by Crippen LogP contribution is 2.32. The lowest BCUT2D eigenvalue weighted by Crippen LogP contribution is -2.06. The Hall–Kier alpha value is -3.05. The van der Waals surface area contributed by atoms with E-state index in [1.165, 1.54) is 23.9 Å². The molecule has 0 bridgehead atoms. The highest BCUT2D eigenvalue weighted by Gasteiger charge is 2.30. The second-order valence-corrected chi connectivity index (χ2v) is 6.25. The number of halogens is 3. The van der Waals surface area contributed by atoms with Crippen LogP contribution in [0.15, 0.2) is 59.6 Å². The fourth-order valence-corrected chi connectivity index (χ4v) is 2.90. The van der Waals surface area contributed by atoms with Crippen LogP contribution < -0.4 is 5.32 Å². The van der Waals surface area contributed by atoms with Crippen LogP contribution in [0.2, 0.25) is 0 Å². The molecule has 1 N–H and O–H groups in total. The van der Waals surface area contributed by atoms with Crippen molar-refractivity contribution in [2.24, 2.45) is 0 Å². The first kappa shape index (κ1) is 18.7. The van der Waals surface area contributed by atoms with Gasteiger partial charge >= 0.3 is 6.18 Å².